The van der Waals surface area contributed by atoms with Crippen LogP contribution in [0.25, 0.3) is 10.9 Å². The topological polar surface area (TPSA) is 80.3 Å². The standard InChI is InChI=1S/C20H18BrN3O3S/c1-12-9-19(22-17-10-15(27-2)7-8-16(12)17)28-11-18(25)23-24-20(26)13-3-5-14(21)6-4-13/h3-10H,11H2,1-2H3,(H,23,25)(H,24,26). The van der Waals surface area contributed by atoms with Crippen LogP contribution in [0.4, 0.5) is 0 Å². The van der Waals surface area contributed by atoms with Crippen molar-refractivity contribution in [3.05, 3.63) is 64.1 Å². The summed E-state index contributed by atoms with van der Waals surface area (Å²) in [5.41, 5.74) is 7.16. The van der Waals surface area contributed by atoms with Crippen molar-refractivity contribution in [1.29, 1.82) is 0 Å². The van der Waals surface area contributed by atoms with Gasteiger partial charge in [0.25, 0.3) is 5.91 Å². The van der Waals surface area contributed by atoms with Crippen molar-refractivity contribution in [2.24, 2.45) is 0 Å². The number of amides is 2. The Morgan fingerprint density at radius 2 is 1.86 bits per heavy atom. The molecule has 0 fully saturated rings. The van der Waals surface area contributed by atoms with Gasteiger partial charge >= 0.3 is 0 Å². The molecule has 2 aromatic carbocycles. The zero-order valence-corrected chi connectivity index (χ0v) is 17.7. The minimum Gasteiger partial charge on any atom is -0.497 e. The number of nitrogens with one attached hydrogen (secondary N) is 2. The Labute approximate surface area is 175 Å². The average Bonchev–Trinajstić information content (AvgIpc) is 2.70. The number of fused-ring (bicyclic) bond motifs is 1. The summed E-state index contributed by atoms with van der Waals surface area (Å²) < 4.78 is 6.12. The zero-order valence-electron chi connectivity index (χ0n) is 15.3. The summed E-state index contributed by atoms with van der Waals surface area (Å²) in [4.78, 5) is 28.6. The number of benzene rings is 2. The lowest BCUT2D eigenvalue weighted by molar-refractivity contribution is -0.119. The highest BCUT2D eigenvalue weighted by Crippen LogP contribution is 2.26. The third-order valence-corrected chi connectivity index (χ3v) is 5.41. The monoisotopic (exact) mass is 459 g/mol. The van der Waals surface area contributed by atoms with Crippen LogP contribution in [0.15, 0.2) is 58.0 Å². The number of thioether (sulfide) groups is 1. The molecule has 0 aliphatic rings. The number of hydrogen-bond acceptors (Lipinski definition) is 5. The first-order chi connectivity index (χ1) is 13.5. The highest BCUT2D eigenvalue weighted by molar-refractivity contribution is 9.10. The van der Waals surface area contributed by atoms with Crippen molar-refractivity contribution in [3.63, 3.8) is 0 Å². The number of aromatic nitrogens is 1. The first-order valence-electron chi connectivity index (χ1n) is 8.39. The predicted octanol–water partition coefficient (Wildman–Crippen LogP) is 3.87. The van der Waals surface area contributed by atoms with Gasteiger partial charge in [-0.3, -0.25) is 20.4 Å². The maximum atomic E-state index is 12.1. The van der Waals surface area contributed by atoms with Gasteiger partial charge in [-0.2, -0.15) is 0 Å². The Morgan fingerprint density at radius 3 is 2.57 bits per heavy atom. The Bertz CT molecular complexity index is 1030. The molecule has 0 aliphatic heterocycles. The first-order valence-corrected chi connectivity index (χ1v) is 10.2. The van der Waals surface area contributed by atoms with E-state index in [1.807, 2.05) is 31.2 Å². The van der Waals surface area contributed by atoms with Gasteiger partial charge in [0, 0.05) is 21.5 Å². The fourth-order valence-corrected chi connectivity index (χ4v) is 3.57. The first kappa shape index (κ1) is 20.2. The van der Waals surface area contributed by atoms with E-state index in [-0.39, 0.29) is 17.6 Å². The Hall–Kier alpha value is -2.58. The molecule has 0 atom stereocenters. The molecule has 1 aromatic heterocycles. The number of aryl methyl sites for hydroxylation is 1. The molecule has 144 valence electrons. The molecule has 0 bridgehead atoms. The van der Waals surface area contributed by atoms with Gasteiger partial charge in [0.15, 0.2) is 0 Å². The molecule has 3 aromatic rings. The van der Waals surface area contributed by atoms with E-state index in [1.165, 1.54) is 11.8 Å². The second kappa shape index (κ2) is 9.07. The van der Waals surface area contributed by atoms with Gasteiger partial charge in [-0.05, 0) is 55.0 Å². The van der Waals surface area contributed by atoms with Crippen LogP contribution in [0.2, 0.25) is 0 Å². The minimum absolute atomic E-state index is 0.128. The van der Waals surface area contributed by atoms with Crippen molar-refractivity contribution in [3.8, 4) is 5.75 Å². The van der Waals surface area contributed by atoms with Gasteiger partial charge in [-0.15, -0.1) is 0 Å². The molecule has 3 rings (SSSR count). The van der Waals surface area contributed by atoms with Crippen molar-refractivity contribution in [2.75, 3.05) is 12.9 Å². The number of hydrazine groups is 1. The van der Waals surface area contributed by atoms with Crippen LogP contribution in [0.3, 0.4) is 0 Å². The highest BCUT2D eigenvalue weighted by atomic mass is 79.9. The zero-order chi connectivity index (χ0) is 20.1. The fraction of sp³-hybridized carbons (Fsp3) is 0.150. The average molecular weight is 460 g/mol. The number of methoxy groups -OCH3 is 1. The summed E-state index contributed by atoms with van der Waals surface area (Å²) in [6.07, 6.45) is 0. The third-order valence-electron chi connectivity index (χ3n) is 3.97. The van der Waals surface area contributed by atoms with Crippen LogP contribution in [-0.2, 0) is 4.79 Å². The maximum Gasteiger partial charge on any atom is 0.269 e. The van der Waals surface area contributed by atoms with E-state index in [4.69, 9.17) is 4.74 Å². The van der Waals surface area contributed by atoms with Crippen LogP contribution in [-0.4, -0.2) is 29.7 Å². The molecule has 28 heavy (non-hydrogen) atoms. The second-order valence-electron chi connectivity index (χ2n) is 5.96. The normalized spacial score (nSPS) is 10.5. The quantitative estimate of drug-likeness (QED) is 0.447. The van der Waals surface area contributed by atoms with E-state index in [0.717, 1.165) is 31.7 Å². The van der Waals surface area contributed by atoms with E-state index >= 15 is 0 Å². The van der Waals surface area contributed by atoms with Crippen LogP contribution >= 0.6 is 27.7 Å². The molecule has 2 N–H and O–H groups in total. The lowest BCUT2D eigenvalue weighted by atomic mass is 10.1. The SMILES string of the molecule is COc1ccc2c(C)cc(SCC(=O)NNC(=O)c3ccc(Br)cc3)nc2c1. The predicted molar refractivity (Wildman–Crippen MR) is 114 cm³/mol. The third kappa shape index (κ3) is 5.02. The number of ether oxygens (including phenoxy) is 1. The molecule has 6 nitrogen and oxygen atoms in total. The van der Waals surface area contributed by atoms with Gasteiger partial charge in [0.2, 0.25) is 5.91 Å². The summed E-state index contributed by atoms with van der Waals surface area (Å²) in [5.74, 6) is 0.163. The molecule has 8 heteroatoms. The van der Waals surface area contributed by atoms with Crippen molar-refractivity contribution in [1.82, 2.24) is 15.8 Å². The number of hydrogen-bond donors (Lipinski definition) is 2. The van der Waals surface area contributed by atoms with Gasteiger partial charge in [0.05, 0.1) is 23.4 Å². The molecule has 0 aliphatic carbocycles. The Balaban J connectivity index is 1.58. The molecular formula is C20H18BrN3O3S. The molecule has 1 heterocycles. The summed E-state index contributed by atoms with van der Waals surface area (Å²) >= 11 is 4.61. The highest BCUT2D eigenvalue weighted by Gasteiger charge is 2.10. The van der Waals surface area contributed by atoms with E-state index in [0.29, 0.717) is 5.56 Å². The summed E-state index contributed by atoms with van der Waals surface area (Å²) in [6, 6.07) is 14.5. The summed E-state index contributed by atoms with van der Waals surface area (Å²) in [6.45, 7) is 2.00. The summed E-state index contributed by atoms with van der Waals surface area (Å²) in [5, 5.41) is 1.77. The van der Waals surface area contributed by atoms with Crippen LogP contribution in [0.1, 0.15) is 15.9 Å². The largest absolute Gasteiger partial charge is 0.497 e. The van der Waals surface area contributed by atoms with Crippen molar-refractivity contribution < 1.29 is 14.3 Å². The van der Waals surface area contributed by atoms with Gasteiger partial charge < -0.3 is 4.74 Å². The number of carbonyl (C=O) groups is 2. The van der Waals surface area contributed by atoms with Crippen molar-refractivity contribution >= 4 is 50.4 Å². The summed E-state index contributed by atoms with van der Waals surface area (Å²) in [7, 11) is 1.61. The minimum atomic E-state index is -0.377. The molecule has 0 radical (unpaired) electrons. The molecule has 0 saturated heterocycles. The number of carbonyl (C=O) groups excluding carboxylic acids is 2. The smallest absolute Gasteiger partial charge is 0.269 e. The lowest BCUT2D eigenvalue weighted by Crippen LogP contribution is -2.42. The number of nitrogens with zero attached hydrogens (tertiary/aromatic N) is 1. The van der Waals surface area contributed by atoms with Crippen LogP contribution in [0, 0.1) is 6.92 Å². The molecule has 0 saturated carbocycles. The molecule has 0 unspecified atom stereocenters. The Morgan fingerprint density at radius 1 is 1.11 bits per heavy atom. The Kier molecular flexibility index (Phi) is 6.53. The number of rotatable bonds is 5. The molecular weight excluding hydrogens is 442 g/mol. The lowest BCUT2D eigenvalue weighted by Gasteiger charge is -2.09. The number of pyridine rings is 1. The van der Waals surface area contributed by atoms with Gasteiger partial charge in [-0.1, -0.05) is 27.7 Å². The van der Waals surface area contributed by atoms with Crippen LogP contribution < -0.4 is 15.6 Å². The molecule has 2 amide bonds. The fourth-order valence-electron chi connectivity index (χ4n) is 2.53. The van der Waals surface area contributed by atoms with E-state index < -0.39 is 0 Å². The van der Waals surface area contributed by atoms with Gasteiger partial charge in [-0.25, -0.2) is 4.98 Å². The van der Waals surface area contributed by atoms with E-state index in [2.05, 4.69) is 31.8 Å². The number of halogens is 1. The van der Waals surface area contributed by atoms with Gasteiger partial charge in [0.1, 0.15) is 5.75 Å². The van der Waals surface area contributed by atoms with E-state index in [9.17, 15) is 9.59 Å². The van der Waals surface area contributed by atoms with Crippen LogP contribution in [0.5, 0.6) is 5.75 Å². The van der Waals surface area contributed by atoms with Crippen molar-refractivity contribution in [2.45, 2.75) is 11.9 Å². The van der Waals surface area contributed by atoms with E-state index in [1.54, 1.807) is 31.4 Å². The second-order valence-corrected chi connectivity index (χ2v) is 7.87. The molecule has 0 spiro atoms. The maximum absolute atomic E-state index is 12.1.